The lowest BCUT2D eigenvalue weighted by atomic mass is 10.0. The molecular weight excluding hydrogens is 300 g/mol. The Morgan fingerprint density at radius 3 is 2.73 bits per heavy atom. The number of pyridine rings is 1. The third-order valence-corrected chi connectivity index (χ3v) is 5.09. The average molecular weight is 326 g/mol. The zero-order chi connectivity index (χ0) is 16.0. The maximum atomic E-state index is 12.4. The highest BCUT2D eigenvalue weighted by Gasteiger charge is 2.25. The van der Waals surface area contributed by atoms with E-state index in [2.05, 4.69) is 9.71 Å². The van der Waals surface area contributed by atoms with E-state index in [0.717, 1.165) is 38.0 Å². The summed E-state index contributed by atoms with van der Waals surface area (Å²) in [6.07, 6.45) is 5.92. The Labute approximate surface area is 135 Å². The van der Waals surface area contributed by atoms with Crippen molar-refractivity contribution in [1.82, 2.24) is 9.71 Å². The normalized spacial score (nSPS) is 19.8. The molecule has 1 aromatic heterocycles. The van der Waals surface area contributed by atoms with Gasteiger partial charge >= 0.3 is 0 Å². The molecule has 1 aliphatic rings. The molecule has 2 rings (SSSR count). The Morgan fingerprint density at radius 1 is 1.41 bits per heavy atom. The second-order valence-corrected chi connectivity index (χ2v) is 8.44. The van der Waals surface area contributed by atoms with E-state index in [1.165, 1.54) is 0 Å². The van der Waals surface area contributed by atoms with E-state index in [0.29, 0.717) is 0 Å². The van der Waals surface area contributed by atoms with Crippen molar-refractivity contribution in [3.8, 4) is 0 Å². The Bertz CT molecular complexity index is 470. The van der Waals surface area contributed by atoms with Gasteiger partial charge in [0.1, 0.15) is 0 Å². The quantitative estimate of drug-likeness (QED) is 0.873. The molecule has 1 N–H and O–H groups in total. The summed E-state index contributed by atoms with van der Waals surface area (Å²) >= 11 is 0. The Morgan fingerprint density at radius 2 is 2.14 bits per heavy atom. The van der Waals surface area contributed by atoms with Gasteiger partial charge in [0, 0.05) is 24.9 Å². The number of rotatable bonds is 6. The Hall–Kier alpha value is -0.820. The average Bonchev–Trinajstić information content (AvgIpc) is 2.52. The molecule has 1 unspecified atom stereocenters. The monoisotopic (exact) mass is 326 g/mol. The van der Waals surface area contributed by atoms with Crippen molar-refractivity contribution in [2.45, 2.75) is 57.1 Å². The van der Waals surface area contributed by atoms with Crippen LogP contribution >= 0.6 is 0 Å². The largest absolute Gasteiger partial charge is 0.353 e. The van der Waals surface area contributed by atoms with Crippen molar-refractivity contribution in [3.05, 3.63) is 30.1 Å². The lowest BCUT2D eigenvalue weighted by Gasteiger charge is -2.27. The van der Waals surface area contributed by atoms with Gasteiger partial charge in [-0.25, -0.2) is 8.93 Å². The predicted octanol–water partition coefficient (Wildman–Crippen LogP) is 2.72. The third kappa shape index (κ3) is 5.43. The van der Waals surface area contributed by atoms with E-state index in [-0.39, 0.29) is 17.1 Å². The number of hydrogen-bond acceptors (Lipinski definition) is 4. The van der Waals surface area contributed by atoms with Gasteiger partial charge in [-0.15, -0.1) is 0 Å². The fourth-order valence-electron chi connectivity index (χ4n) is 2.19. The molecular formula is C16H26N2O3S. The first-order valence-corrected chi connectivity index (χ1v) is 8.93. The van der Waals surface area contributed by atoms with Gasteiger partial charge in [-0.05, 0) is 45.2 Å². The van der Waals surface area contributed by atoms with Gasteiger partial charge in [-0.1, -0.05) is 6.07 Å². The van der Waals surface area contributed by atoms with E-state index >= 15 is 0 Å². The maximum Gasteiger partial charge on any atom is 0.157 e. The second kappa shape index (κ2) is 8.15. The van der Waals surface area contributed by atoms with Crippen molar-refractivity contribution in [2.75, 3.05) is 13.2 Å². The SMILES string of the molecule is CC(C)(C)S(=O)N[C@H](CCC1OCCCO1)c1cccnc1. The predicted molar refractivity (Wildman–Crippen MR) is 87.6 cm³/mol. The van der Waals surface area contributed by atoms with Crippen LogP contribution in [0.25, 0.3) is 0 Å². The van der Waals surface area contributed by atoms with Gasteiger partial charge in [0.15, 0.2) is 6.29 Å². The van der Waals surface area contributed by atoms with Gasteiger partial charge in [0.05, 0.1) is 28.9 Å². The molecule has 124 valence electrons. The summed E-state index contributed by atoms with van der Waals surface area (Å²) in [5.41, 5.74) is 1.04. The van der Waals surface area contributed by atoms with E-state index in [1.54, 1.807) is 6.20 Å². The molecule has 1 aliphatic heterocycles. The lowest BCUT2D eigenvalue weighted by molar-refractivity contribution is -0.182. The topological polar surface area (TPSA) is 60.5 Å². The first kappa shape index (κ1) is 17.5. The molecule has 0 saturated carbocycles. The van der Waals surface area contributed by atoms with Crippen LogP contribution in [0.4, 0.5) is 0 Å². The fraction of sp³-hybridized carbons (Fsp3) is 0.688. The minimum Gasteiger partial charge on any atom is -0.353 e. The molecule has 0 radical (unpaired) electrons. The summed E-state index contributed by atoms with van der Waals surface area (Å²) in [4.78, 5) is 4.17. The van der Waals surface area contributed by atoms with Gasteiger partial charge < -0.3 is 9.47 Å². The molecule has 1 fully saturated rings. The first-order valence-electron chi connectivity index (χ1n) is 7.78. The van der Waals surface area contributed by atoms with Crippen molar-refractivity contribution in [1.29, 1.82) is 0 Å². The number of ether oxygens (including phenoxy) is 2. The highest BCUT2D eigenvalue weighted by Crippen LogP contribution is 2.23. The molecule has 1 saturated heterocycles. The molecule has 2 heterocycles. The van der Waals surface area contributed by atoms with Gasteiger partial charge in [-0.3, -0.25) is 4.98 Å². The molecule has 0 amide bonds. The number of aromatic nitrogens is 1. The highest BCUT2D eigenvalue weighted by atomic mass is 32.2. The molecule has 0 spiro atoms. The van der Waals surface area contributed by atoms with Gasteiger partial charge in [0.25, 0.3) is 0 Å². The second-order valence-electron chi connectivity index (χ2n) is 6.44. The van der Waals surface area contributed by atoms with Crippen LogP contribution < -0.4 is 4.72 Å². The van der Waals surface area contributed by atoms with Crippen LogP contribution in [0.15, 0.2) is 24.5 Å². The first-order chi connectivity index (χ1) is 10.5. The van der Waals surface area contributed by atoms with Crippen LogP contribution in [0.1, 0.15) is 51.6 Å². The third-order valence-electron chi connectivity index (χ3n) is 3.48. The van der Waals surface area contributed by atoms with Crippen molar-refractivity contribution >= 4 is 11.0 Å². The summed E-state index contributed by atoms with van der Waals surface area (Å²) in [6, 6.07) is 3.88. The molecule has 0 aliphatic carbocycles. The highest BCUT2D eigenvalue weighted by molar-refractivity contribution is 7.84. The van der Waals surface area contributed by atoms with E-state index < -0.39 is 11.0 Å². The van der Waals surface area contributed by atoms with E-state index in [9.17, 15) is 4.21 Å². The number of nitrogens with one attached hydrogen (secondary N) is 1. The van der Waals surface area contributed by atoms with Gasteiger partial charge in [-0.2, -0.15) is 0 Å². The van der Waals surface area contributed by atoms with Crippen molar-refractivity contribution < 1.29 is 13.7 Å². The van der Waals surface area contributed by atoms with Crippen LogP contribution in [0.2, 0.25) is 0 Å². The Balaban J connectivity index is 2.00. The standard InChI is InChI=1S/C16H26N2O3S/c1-16(2,3)22(19)18-14(13-6-4-9-17-12-13)7-8-15-20-10-5-11-21-15/h4,6,9,12,14-15,18H,5,7-8,10-11H2,1-3H3/t14-,22?/m1/s1. The summed E-state index contributed by atoms with van der Waals surface area (Å²) in [6.45, 7) is 7.39. The summed E-state index contributed by atoms with van der Waals surface area (Å²) in [5.74, 6) is 0. The summed E-state index contributed by atoms with van der Waals surface area (Å²) < 4.78 is 26.5. The van der Waals surface area contributed by atoms with Crippen LogP contribution in [-0.2, 0) is 20.5 Å². The molecule has 1 aromatic rings. The molecule has 5 nitrogen and oxygen atoms in total. The van der Waals surface area contributed by atoms with Crippen LogP contribution in [0.5, 0.6) is 0 Å². The lowest BCUT2D eigenvalue weighted by Crippen LogP contribution is -2.36. The minimum absolute atomic E-state index is 0.0251. The van der Waals surface area contributed by atoms with Crippen molar-refractivity contribution in [3.63, 3.8) is 0 Å². The van der Waals surface area contributed by atoms with Gasteiger partial charge in [0.2, 0.25) is 0 Å². The minimum atomic E-state index is -1.13. The molecule has 0 bridgehead atoms. The zero-order valence-corrected chi connectivity index (χ0v) is 14.4. The van der Waals surface area contributed by atoms with Crippen LogP contribution in [0, 0.1) is 0 Å². The van der Waals surface area contributed by atoms with Crippen LogP contribution in [0.3, 0.4) is 0 Å². The van der Waals surface area contributed by atoms with Crippen LogP contribution in [-0.4, -0.2) is 33.4 Å². The molecule has 2 atom stereocenters. The number of nitrogens with zero attached hydrogens (tertiary/aromatic N) is 1. The van der Waals surface area contributed by atoms with E-state index in [4.69, 9.17) is 9.47 Å². The molecule has 22 heavy (non-hydrogen) atoms. The summed E-state index contributed by atoms with van der Waals surface area (Å²) in [5, 5.41) is 0. The zero-order valence-electron chi connectivity index (χ0n) is 13.6. The van der Waals surface area contributed by atoms with E-state index in [1.807, 2.05) is 39.1 Å². The number of hydrogen-bond donors (Lipinski definition) is 1. The fourth-order valence-corrected chi connectivity index (χ4v) is 3.05. The molecule has 6 heteroatoms. The Kier molecular flexibility index (Phi) is 6.50. The summed E-state index contributed by atoms with van der Waals surface area (Å²) in [7, 11) is -1.13. The maximum absolute atomic E-state index is 12.4. The van der Waals surface area contributed by atoms with Crippen molar-refractivity contribution in [2.24, 2.45) is 0 Å². The molecule has 0 aromatic carbocycles. The smallest absolute Gasteiger partial charge is 0.157 e.